The third-order valence-electron chi connectivity index (χ3n) is 7.65. The van der Waals surface area contributed by atoms with Gasteiger partial charge in [-0.15, -0.1) is 11.8 Å². The predicted molar refractivity (Wildman–Crippen MR) is 167 cm³/mol. The molecule has 0 spiro atoms. The standard InChI is InChI=1S/C32H40N6O3S/c1-32(2,41)14-22-42-27-11-7-24(8-12-27)28-13-15-33-31(35-28)34-26-9-5-25(6-10-26)30(40)38-20-18-36(19-21-38)23-29(39)37-16-3-4-17-37/h5-13,15,41H,3-4,14,16-23H2,1-2H3,(H,33,34,35). The Bertz CT molecular complexity index is 1350. The highest BCUT2D eigenvalue weighted by Crippen LogP contribution is 2.26. The first-order valence-electron chi connectivity index (χ1n) is 14.7. The van der Waals surface area contributed by atoms with Crippen LogP contribution in [0.3, 0.4) is 0 Å². The average molecular weight is 589 g/mol. The molecule has 0 unspecified atom stereocenters. The van der Waals surface area contributed by atoms with Crippen LogP contribution in [0.15, 0.2) is 65.7 Å². The SMILES string of the molecule is CC(C)(O)CCSc1ccc(-c2ccnc(Nc3ccc(C(=O)N4CCN(CC(=O)N5CCCC5)CC4)cc3)n2)cc1. The molecule has 0 bridgehead atoms. The summed E-state index contributed by atoms with van der Waals surface area (Å²) in [6, 6.07) is 17.5. The number of aromatic nitrogens is 2. The zero-order chi connectivity index (χ0) is 29.5. The van der Waals surface area contributed by atoms with E-state index in [1.807, 2.05) is 66.1 Å². The van der Waals surface area contributed by atoms with E-state index >= 15 is 0 Å². The van der Waals surface area contributed by atoms with Crippen molar-refractivity contribution in [3.8, 4) is 11.3 Å². The van der Waals surface area contributed by atoms with Gasteiger partial charge in [-0.25, -0.2) is 9.97 Å². The number of benzene rings is 2. The van der Waals surface area contributed by atoms with Gasteiger partial charge in [0.2, 0.25) is 11.9 Å². The number of hydrogen-bond acceptors (Lipinski definition) is 8. The Morgan fingerprint density at radius 1 is 0.905 bits per heavy atom. The number of nitrogens with one attached hydrogen (secondary N) is 1. The molecule has 222 valence electrons. The maximum atomic E-state index is 13.1. The summed E-state index contributed by atoms with van der Waals surface area (Å²) in [4.78, 5) is 41.7. The molecule has 9 nitrogen and oxygen atoms in total. The Morgan fingerprint density at radius 3 is 2.26 bits per heavy atom. The molecule has 2 aliphatic rings. The molecule has 2 saturated heterocycles. The van der Waals surface area contributed by atoms with Crippen LogP contribution < -0.4 is 5.32 Å². The number of rotatable bonds is 10. The Balaban J connectivity index is 1.11. The quantitative estimate of drug-likeness (QED) is 0.334. The topological polar surface area (TPSA) is 102 Å². The van der Waals surface area contributed by atoms with Crippen molar-refractivity contribution in [3.05, 3.63) is 66.4 Å². The second-order valence-electron chi connectivity index (χ2n) is 11.6. The minimum atomic E-state index is -0.654. The summed E-state index contributed by atoms with van der Waals surface area (Å²) in [5, 5.41) is 13.1. The third kappa shape index (κ3) is 8.30. The molecule has 2 aromatic carbocycles. The maximum Gasteiger partial charge on any atom is 0.253 e. The van der Waals surface area contributed by atoms with Crippen molar-refractivity contribution in [2.75, 3.05) is 56.9 Å². The smallest absolute Gasteiger partial charge is 0.253 e. The van der Waals surface area contributed by atoms with Crippen LogP contribution in [0.25, 0.3) is 11.3 Å². The molecule has 0 saturated carbocycles. The Morgan fingerprint density at radius 2 is 1.60 bits per heavy atom. The highest BCUT2D eigenvalue weighted by atomic mass is 32.2. The van der Waals surface area contributed by atoms with Crippen LogP contribution in [0.4, 0.5) is 11.6 Å². The van der Waals surface area contributed by atoms with Crippen molar-refractivity contribution in [2.24, 2.45) is 0 Å². The highest BCUT2D eigenvalue weighted by Gasteiger charge is 2.26. The van der Waals surface area contributed by atoms with Crippen LogP contribution in [0.5, 0.6) is 0 Å². The van der Waals surface area contributed by atoms with E-state index in [2.05, 4.69) is 32.3 Å². The van der Waals surface area contributed by atoms with Crippen LogP contribution in [0.1, 0.15) is 43.5 Å². The van der Waals surface area contributed by atoms with E-state index < -0.39 is 5.60 Å². The molecule has 2 amide bonds. The Kier molecular flexibility index (Phi) is 9.76. The summed E-state index contributed by atoms with van der Waals surface area (Å²) in [7, 11) is 0. The largest absolute Gasteiger partial charge is 0.390 e. The van der Waals surface area contributed by atoms with Gasteiger partial charge in [0.05, 0.1) is 17.8 Å². The zero-order valence-corrected chi connectivity index (χ0v) is 25.3. The van der Waals surface area contributed by atoms with E-state index in [0.717, 1.165) is 59.9 Å². The fourth-order valence-corrected chi connectivity index (χ4v) is 6.26. The number of carbonyl (C=O) groups is 2. The normalized spacial score (nSPS) is 16.1. The van der Waals surface area contributed by atoms with Gasteiger partial charge >= 0.3 is 0 Å². The van der Waals surface area contributed by atoms with Crippen molar-refractivity contribution in [3.63, 3.8) is 0 Å². The lowest BCUT2D eigenvalue weighted by molar-refractivity contribution is -0.131. The van der Waals surface area contributed by atoms with E-state index in [0.29, 0.717) is 44.2 Å². The lowest BCUT2D eigenvalue weighted by atomic mass is 10.1. The van der Waals surface area contributed by atoms with Crippen LogP contribution in [0.2, 0.25) is 0 Å². The van der Waals surface area contributed by atoms with Gasteiger partial charge in [-0.3, -0.25) is 14.5 Å². The summed E-state index contributed by atoms with van der Waals surface area (Å²) >= 11 is 1.73. The monoisotopic (exact) mass is 588 g/mol. The van der Waals surface area contributed by atoms with E-state index in [4.69, 9.17) is 0 Å². The van der Waals surface area contributed by atoms with Crippen LogP contribution in [-0.4, -0.2) is 98.8 Å². The van der Waals surface area contributed by atoms with Crippen molar-refractivity contribution in [1.82, 2.24) is 24.7 Å². The van der Waals surface area contributed by atoms with Crippen molar-refractivity contribution < 1.29 is 14.7 Å². The number of hydrogen-bond donors (Lipinski definition) is 2. The number of aliphatic hydroxyl groups is 1. The minimum Gasteiger partial charge on any atom is -0.390 e. The second kappa shape index (κ2) is 13.7. The number of piperazine rings is 1. The molecular weight excluding hydrogens is 548 g/mol. The molecule has 10 heteroatoms. The molecule has 0 atom stereocenters. The number of likely N-dealkylation sites (tertiary alicyclic amines) is 1. The number of thioether (sulfide) groups is 1. The molecule has 5 rings (SSSR count). The number of carbonyl (C=O) groups excluding carboxylic acids is 2. The van der Waals surface area contributed by atoms with Gasteiger partial charge in [0.15, 0.2) is 0 Å². The fraction of sp³-hybridized carbons (Fsp3) is 0.438. The van der Waals surface area contributed by atoms with Crippen LogP contribution in [-0.2, 0) is 4.79 Å². The van der Waals surface area contributed by atoms with Crippen molar-refractivity contribution in [2.45, 2.75) is 43.6 Å². The second-order valence-corrected chi connectivity index (χ2v) is 12.7. The predicted octanol–water partition coefficient (Wildman–Crippen LogP) is 4.52. The summed E-state index contributed by atoms with van der Waals surface area (Å²) in [6.07, 6.45) is 4.66. The van der Waals surface area contributed by atoms with Gasteiger partial charge in [-0.1, -0.05) is 12.1 Å². The molecule has 0 aliphatic carbocycles. The molecule has 3 heterocycles. The molecule has 1 aromatic heterocycles. The summed E-state index contributed by atoms with van der Waals surface area (Å²) in [5.41, 5.74) is 2.59. The molecular formula is C32H40N6O3S. The Labute approximate surface area is 252 Å². The van der Waals surface area contributed by atoms with Crippen molar-refractivity contribution >= 4 is 35.2 Å². The molecule has 0 radical (unpaired) electrons. The number of amides is 2. The van der Waals surface area contributed by atoms with Gasteiger partial charge in [0, 0.05) is 72.9 Å². The average Bonchev–Trinajstić information content (AvgIpc) is 3.53. The molecule has 42 heavy (non-hydrogen) atoms. The fourth-order valence-electron chi connectivity index (χ4n) is 5.09. The van der Waals surface area contributed by atoms with E-state index in [9.17, 15) is 14.7 Å². The van der Waals surface area contributed by atoms with Gasteiger partial charge in [-0.2, -0.15) is 0 Å². The van der Waals surface area contributed by atoms with E-state index in [-0.39, 0.29) is 11.8 Å². The highest BCUT2D eigenvalue weighted by molar-refractivity contribution is 7.99. The van der Waals surface area contributed by atoms with Gasteiger partial charge in [-0.05, 0) is 75.6 Å². The summed E-state index contributed by atoms with van der Waals surface area (Å²) in [6.45, 7) is 8.51. The van der Waals surface area contributed by atoms with Gasteiger partial charge < -0.3 is 20.2 Å². The van der Waals surface area contributed by atoms with E-state index in [1.165, 1.54) is 0 Å². The van der Waals surface area contributed by atoms with E-state index in [1.54, 1.807) is 18.0 Å². The third-order valence-corrected chi connectivity index (χ3v) is 8.67. The van der Waals surface area contributed by atoms with Crippen molar-refractivity contribution in [1.29, 1.82) is 0 Å². The lowest BCUT2D eigenvalue weighted by Crippen LogP contribution is -2.51. The lowest BCUT2D eigenvalue weighted by Gasteiger charge is -2.35. The molecule has 3 aromatic rings. The Hall–Kier alpha value is -3.47. The molecule has 2 N–H and O–H groups in total. The minimum absolute atomic E-state index is 0.00648. The van der Waals surface area contributed by atoms with Gasteiger partial charge in [0.1, 0.15) is 0 Å². The summed E-state index contributed by atoms with van der Waals surface area (Å²) in [5.74, 6) is 1.55. The van der Waals surface area contributed by atoms with Gasteiger partial charge in [0.25, 0.3) is 5.91 Å². The first-order chi connectivity index (χ1) is 20.2. The number of nitrogens with zero attached hydrogens (tertiary/aromatic N) is 5. The maximum absolute atomic E-state index is 13.1. The zero-order valence-electron chi connectivity index (χ0n) is 24.5. The summed E-state index contributed by atoms with van der Waals surface area (Å²) < 4.78 is 0. The van der Waals surface area contributed by atoms with Crippen LogP contribution >= 0.6 is 11.8 Å². The first kappa shape index (κ1) is 30.0. The van der Waals surface area contributed by atoms with Crippen LogP contribution in [0, 0.1) is 0 Å². The first-order valence-corrected chi connectivity index (χ1v) is 15.7. The molecule has 2 fully saturated rings. The number of anilines is 2. The molecule has 2 aliphatic heterocycles.